The molecular formula is C23H26O4. The molecule has 0 bridgehead atoms. The first-order chi connectivity index (χ1) is 13.0. The third kappa shape index (κ3) is 3.25. The molecular weight excluding hydrogens is 340 g/mol. The Hall–Kier alpha value is -2.62. The van der Waals surface area contributed by atoms with Crippen molar-refractivity contribution in [1.29, 1.82) is 0 Å². The lowest BCUT2D eigenvalue weighted by Crippen LogP contribution is -2.51. The second-order valence-corrected chi connectivity index (χ2v) is 7.23. The zero-order valence-electron chi connectivity index (χ0n) is 16.2. The highest BCUT2D eigenvalue weighted by molar-refractivity contribution is 6.01. The molecule has 2 aromatic carbocycles. The molecule has 4 nitrogen and oxygen atoms in total. The minimum Gasteiger partial charge on any atom is -0.465 e. The molecule has 0 fully saturated rings. The quantitative estimate of drug-likeness (QED) is 0.592. The van der Waals surface area contributed by atoms with E-state index in [9.17, 15) is 9.59 Å². The van der Waals surface area contributed by atoms with Gasteiger partial charge in [-0.05, 0) is 43.4 Å². The van der Waals surface area contributed by atoms with Crippen LogP contribution in [0.15, 0.2) is 54.6 Å². The van der Waals surface area contributed by atoms with Crippen molar-refractivity contribution < 1.29 is 19.1 Å². The van der Waals surface area contributed by atoms with Crippen LogP contribution in [0.2, 0.25) is 0 Å². The minimum absolute atomic E-state index is 0.226. The van der Waals surface area contributed by atoms with Gasteiger partial charge in [0, 0.05) is 5.41 Å². The standard InChI is InChI=1S/C23H26O4/c1-4-26-20(24)23(21(25)27-5-2)15-17-11-9-10-14-19(17)22(3,16-23)18-12-7-6-8-13-18/h6-14H,4-5,15-16H2,1-3H3/t22-/m0/s1. The number of fused-ring (bicyclic) bond motifs is 1. The first-order valence-corrected chi connectivity index (χ1v) is 9.46. The molecule has 142 valence electrons. The summed E-state index contributed by atoms with van der Waals surface area (Å²) >= 11 is 0. The molecule has 0 unspecified atom stereocenters. The number of hydrogen-bond donors (Lipinski definition) is 0. The van der Waals surface area contributed by atoms with Gasteiger partial charge in [-0.25, -0.2) is 0 Å². The van der Waals surface area contributed by atoms with Gasteiger partial charge in [-0.2, -0.15) is 0 Å². The monoisotopic (exact) mass is 366 g/mol. The maximum Gasteiger partial charge on any atom is 0.323 e. The highest BCUT2D eigenvalue weighted by atomic mass is 16.6. The Labute approximate surface area is 160 Å². The minimum atomic E-state index is -1.34. The second-order valence-electron chi connectivity index (χ2n) is 7.23. The van der Waals surface area contributed by atoms with Crippen molar-refractivity contribution in [3.05, 3.63) is 71.3 Å². The van der Waals surface area contributed by atoms with E-state index < -0.39 is 22.8 Å². The number of carbonyl (C=O) groups excluding carboxylic acids is 2. The predicted octanol–water partition coefficient (Wildman–Crippen LogP) is 4.05. The topological polar surface area (TPSA) is 52.6 Å². The van der Waals surface area contributed by atoms with E-state index >= 15 is 0 Å². The van der Waals surface area contributed by atoms with E-state index in [0.29, 0.717) is 12.8 Å². The molecule has 0 saturated heterocycles. The molecule has 3 rings (SSSR count). The van der Waals surface area contributed by atoms with E-state index in [-0.39, 0.29) is 13.2 Å². The molecule has 1 aliphatic rings. The smallest absolute Gasteiger partial charge is 0.323 e. The summed E-state index contributed by atoms with van der Waals surface area (Å²) in [5.74, 6) is -1.000. The van der Waals surface area contributed by atoms with Crippen LogP contribution >= 0.6 is 0 Å². The number of carbonyl (C=O) groups is 2. The highest BCUT2D eigenvalue weighted by Crippen LogP contribution is 2.50. The van der Waals surface area contributed by atoms with Crippen LogP contribution in [0.25, 0.3) is 0 Å². The van der Waals surface area contributed by atoms with Gasteiger partial charge in [-0.1, -0.05) is 61.5 Å². The predicted molar refractivity (Wildman–Crippen MR) is 103 cm³/mol. The molecule has 4 heteroatoms. The van der Waals surface area contributed by atoms with Gasteiger partial charge < -0.3 is 9.47 Å². The van der Waals surface area contributed by atoms with Gasteiger partial charge in [0.25, 0.3) is 0 Å². The van der Waals surface area contributed by atoms with E-state index in [1.807, 2.05) is 48.5 Å². The lowest BCUT2D eigenvalue weighted by Gasteiger charge is -2.44. The Morgan fingerprint density at radius 2 is 1.44 bits per heavy atom. The van der Waals surface area contributed by atoms with Gasteiger partial charge in [-0.15, -0.1) is 0 Å². The van der Waals surface area contributed by atoms with Crippen LogP contribution in [-0.2, 0) is 30.9 Å². The van der Waals surface area contributed by atoms with E-state index in [1.165, 1.54) is 0 Å². The lowest BCUT2D eigenvalue weighted by atomic mass is 9.58. The fourth-order valence-electron chi connectivity index (χ4n) is 4.27. The Bertz CT molecular complexity index is 809. The Kier molecular flexibility index (Phi) is 5.36. The van der Waals surface area contributed by atoms with Gasteiger partial charge in [-0.3, -0.25) is 9.59 Å². The maximum atomic E-state index is 13.0. The van der Waals surface area contributed by atoms with Crippen molar-refractivity contribution >= 4 is 11.9 Å². The Morgan fingerprint density at radius 1 is 0.889 bits per heavy atom. The average Bonchev–Trinajstić information content (AvgIpc) is 2.69. The maximum absolute atomic E-state index is 13.0. The first-order valence-electron chi connectivity index (χ1n) is 9.46. The molecule has 0 spiro atoms. The summed E-state index contributed by atoms with van der Waals surface area (Å²) in [5.41, 5.74) is 1.34. The molecule has 0 N–H and O–H groups in total. The number of esters is 2. The molecule has 27 heavy (non-hydrogen) atoms. The van der Waals surface area contributed by atoms with Crippen molar-refractivity contribution in [3.8, 4) is 0 Å². The van der Waals surface area contributed by atoms with E-state index in [0.717, 1.165) is 16.7 Å². The molecule has 1 aliphatic carbocycles. The fraction of sp³-hybridized carbons (Fsp3) is 0.391. The van der Waals surface area contributed by atoms with Crippen molar-refractivity contribution in [2.45, 2.75) is 39.0 Å². The summed E-state index contributed by atoms with van der Waals surface area (Å²) in [5, 5.41) is 0. The van der Waals surface area contributed by atoms with Gasteiger partial charge in [0.15, 0.2) is 5.41 Å². The zero-order chi connectivity index (χ0) is 19.5. The van der Waals surface area contributed by atoms with E-state index in [2.05, 4.69) is 13.0 Å². The highest BCUT2D eigenvalue weighted by Gasteiger charge is 2.57. The molecule has 0 radical (unpaired) electrons. The van der Waals surface area contributed by atoms with Gasteiger partial charge >= 0.3 is 11.9 Å². The summed E-state index contributed by atoms with van der Waals surface area (Å²) in [6.07, 6.45) is 0.613. The zero-order valence-corrected chi connectivity index (χ0v) is 16.2. The summed E-state index contributed by atoms with van der Waals surface area (Å²) < 4.78 is 10.7. The van der Waals surface area contributed by atoms with Crippen molar-refractivity contribution in [1.82, 2.24) is 0 Å². The Balaban J connectivity index is 2.21. The van der Waals surface area contributed by atoms with Crippen LogP contribution in [0.1, 0.15) is 43.9 Å². The normalized spacial score (nSPS) is 20.4. The summed E-state index contributed by atoms with van der Waals surface area (Å²) in [4.78, 5) is 26.1. The van der Waals surface area contributed by atoms with Crippen molar-refractivity contribution in [2.24, 2.45) is 5.41 Å². The van der Waals surface area contributed by atoms with E-state index in [4.69, 9.17) is 9.47 Å². The van der Waals surface area contributed by atoms with Gasteiger partial charge in [0.1, 0.15) is 0 Å². The van der Waals surface area contributed by atoms with Gasteiger partial charge in [0.05, 0.1) is 13.2 Å². The number of hydrogen-bond acceptors (Lipinski definition) is 4. The van der Waals surface area contributed by atoms with Gasteiger partial charge in [0.2, 0.25) is 0 Å². The first kappa shape index (κ1) is 19.2. The Morgan fingerprint density at radius 3 is 2.04 bits per heavy atom. The number of rotatable bonds is 5. The van der Waals surface area contributed by atoms with Crippen LogP contribution in [0.4, 0.5) is 0 Å². The molecule has 1 atom stereocenters. The largest absolute Gasteiger partial charge is 0.465 e. The summed E-state index contributed by atoms with van der Waals surface area (Å²) in [6, 6.07) is 18.0. The van der Waals surface area contributed by atoms with Crippen LogP contribution in [0.3, 0.4) is 0 Å². The van der Waals surface area contributed by atoms with Crippen LogP contribution in [0.5, 0.6) is 0 Å². The van der Waals surface area contributed by atoms with E-state index in [1.54, 1.807) is 13.8 Å². The molecule has 0 saturated carbocycles. The fourth-order valence-corrected chi connectivity index (χ4v) is 4.27. The summed E-state index contributed by atoms with van der Waals surface area (Å²) in [7, 11) is 0. The second kappa shape index (κ2) is 7.55. The molecule has 0 heterocycles. The van der Waals surface area contributed by atoms with Crippen LogP contribution in [0, 0.1) is 5.41 Å². The molecule has 0 aliphatic heterocycles. The SMILES string of the molecule is CCOC(=O)C1(C(=O)OCC)Cc2ccccc2[C@](C)(c2ccccc2)C1. The molecule has 0 amide bonds. The third-order valence-electron chi connectivity index (χ3n) is 5.50. The molecule has 0 aromatic heterocycles. The third-order valence-corrected chi connectivity index (χ3v) is 5.50. The number of benzene rings is 2. The van der Waals surface area contributed by atoms with Crippen LogP contribution in [-0.4, -0.2) is 25.2 Å². The van der Waals surface area contributed by atoms with Crippen molar-refractivity contribution in [3.63, 3.8) is 0 Å². The lowest BCUT2D eigenvalue weighted by molar-refractivity contribution is -0.174. The average molecular weight is 366 g/mol. The number of ether oxygens (including phenoxy) is 2. The van der Waals surface area contributed by atoms with Crippen LogP contribution < -0.4 is 0 Å². The van der Waals surface area contributed by atoms with Crippen molar-refractivity contribution in [2.75, 3.05) is 13.2 Å². The summed E-state index contributed by atoms with van der Waals surface area (Å²) in [6.45, 7) is 6.05. The molecule has 2 aromatic rings.